The molecule has 0 saturated carbocycles. The SMILES string of the molecule is C=CCOC(=O)N1c2cc(OC)c(OC)cc2C(=O)N2C=C(CC(=O)OC)C[C@H]2[C@@H]1O. The van der Waals surface area contributed by atoms with Crippen molar-refractivity contribution >= 4 is 23.7 Å². The molecule has 1 aromatic carbocycles. The number of hydrogen-bond donors (Lipinski definition) is 1. The number of esters is 1. The van der Waals surface area contributed by atoms with E-state index in [1.165, 1.54) is 50.6 Å². The van der Waals surface area contributed by atoms with Crippen LogP contribution in [0.15, 0.2) is 36.6 Å². The third-order valence-electron chi connectivity index (χ3n) is 5.11. The standard InChI is InChI=1S/C21H24N2O8/c1-5-6-31-21(27)23-14-10-17(29-3)16(28-2)9-13(14)19(25)22-11-12(8-18(24)30-4)7-15(22)20(23)26/h5,9-11,15,20,26H,1,6-8H2,2-4H3/t15-,20-/m0/s1. The molecule has 0 aromatic heterocycles. The van der Waals surface area contributed by atoms with E-state index in [-0.39, 0.29) is 42.2 Å². The molecule has 10 heteroatoms. The second-order valence-electron chi connectivity index (χ2n) is 6.90. The highest BCUT2D eigenvalue weighted by atomic mass is 16.6. The fourth-order valence-corrected chi connectivity index (χ4v) is 3.64. The minimum Gasteiger partial charge on any atom is -0.493 e. The Hall–Kier alpha value is -3.53. The van der Waals surface area contributed by atoms with E-state index >= 15 is 0 Å². The quantitative estimate of drug-likeness (QED) is 0.535. The number of carbonyl (C=O) groups is 3. The third kappa shape index (κ3) is 4.06. The number of rotatable bonds is 6. The number of amides is 2. The number of nitrogens with zero attached hydrogens (tertiary/aromatic N) is 2. The molecule has 2 amide bonds. The molecule has 0 aliphatic carbocycles. The van der Waals surface area contributed by atoms with E-state index in [1.807, 2.05) is 0 Å². The Morgan fingerprint density at radius 2 is 1.90 bits per heavy atom. The molecule has 166 valence electrons. The van der Waals surface area contributed by atoms with Crippen LogP contribution >= 0.6 is 0 Å². The lowest BCUT2D eigenvalue weighted by Crippen LogP contribution is -2.50. The maximum absolute atomic E-state index is 13.4. The monoisotopic (exact) mass is 432 g/mol. The van der Waals surface area contributed by atoms with Crippen molar-refractivity contribution in [2.24, 2.45) is 0 Å². The van der Waals surface area contributed by atoms with Crippen molar-refractivity contribution in [2.75, 3.05) is 32.8 Å². The van der Waals surface area contributed by atoms with Crippen LogP contribution in [0.4, 0.5) is 10.5 Å². The summed E-state index contributed by atoms with van der Waals surface area (Å²) >= 11 is 0. The summed E-state index contributed by atoms with van der Waals surface area (Å²) in [7, 11) is 4.10. The molecular weight excluding hydrogens is 408 g/mol. The second kappa shape index (κ2) is 9.09. The Morgan fingerprint density at radius 3 is 2.52 bits per heavy atom. The van der Waals surface area contributed by atoms with Crippen LogP contribution in [0, 0.1) is 0 Å². The van der Waals surface area contributed by atoms with Crippen LogP contribution in [0.5, 0.6) is 11.5 Å². The van der Waals surface area contributed by atoms with E-state index in [9.17, 15) is 19.5 Å². The van der Waals surface area contributed by atoms with Crippen molar-refractivity contribution in [3.63, 3.8) is 0 Å². The zero-order chi connectivity index (χ0) is 22.7. The maximum atomic E-state index is 13.4. The summed E-state index contributed by atoms with van der Waals surface area (Å²) in [6.45, 7) is 3.43. The van der Waals surface area contributed by atoms with Gasteiger partial charge in [-0.15, -0.1) is 0 Å². The van der Waals surface area contributed by atoms with Gasteiger partial charge in [0.1, 0.15) is 6.61 Å². The number of carbonyl (C=O) groups excluding carboxylic acids is 3. The number of ether oxygens (including phenoxy) is 4. The van der Waals surface area contributed by atoms with Gasteiger partial charge in [0, 0.05) is 12.3 Å². The molecule has 0 saturated heterocycles. The number of methoxy groups -OCH3 is 3. The lowest BCUT2D eigenvalue weighted by Gasteiger charge is -2.31. The normalized spacial score (nSPS) is 19.6. The molecule has 0 unspecified atom stereocenters. The first-order valence-electron chi connectivity index (χ1n) is 9.46. The molecule has 2 atom stereocenters. The molecule has 2 aliphatic heterocycles. The summed E-state index contributed by atoms with van der Waals surface area (Å²) in [5.41, 5.74) is 0.805. The van der Waals surface area contributed by atoms with Crippen LogP contribution in [-0.2, 0) is 14.3 Å². The highest BCUT2D eigenvalue weighted by molar-refractivity contribution is 6.06. The second-order valence-corrected chi connectivity index (χ2v) is 6.90. The zero-order valence-electron chi connectivity index (χ0n) is 17.5. The Bertz CT molecular complexity index is 942. The molecule has 0 radical (unpaired) electrons. The predicted molar refractivity (Wildman–Crippen MR) is 109 cm³/mol. The number of benzene rings is 1. The summed E-state index contributed by atoms with van der Waals surface area (Å²) in [6, 6.07) is 2.05. The molecule has 3 rings (SSSR count). The summed E-state index contributed by atoms with van der Waals surface area (Å²) in [5.74, 6) is -0.398. The number of hydrogen-bond acceptors (Lipinski definition) is 8. The molecule has 0 spiro atoms. The van der Waals surface area contributed by atoms with E-state index in [2.05, 4.69) is 11.3 Å². The highest BCUT2D eigenvalue weighted by Crippen LogP contribution is 2.42. The van der Waals surface area contributed by atoms with Gasteiger partial charge in [0.05, 0.1) is 45.0 Å². The van der Waals surface area contributed by atoms with Crippen LogP contribution in [-0.4, -0.2) is 68.2 Å². The molecule has 0 fully saturated rings. The maximum Gasteiger partial charge on any atom is 0.416 e. The third-order valence-corrected chi connectivity index (χ3v) is 5.11. The van der Waals surface area contributed by atoms with Crippen molar-refractivity contribution < 1.29 is 38.4 Å². The van der Waals surface area contributed by atoms with Gasteiger partial charge in [-0.2, -0.15) is 0 Å². The van der Waals surface area contributed by atoms with Gasteiger partial charge < -0.3 is 29.0 Å². The van der Waals surface area contributed by atoms with Crippen molar-refractivity contribution in [2.45, 2.75) is 25.1 Å². The van der Waals surface area contributed by atoms with Gasteiger partial charge in [0.2, 0.25) is 0 Å². The minimum atomic E-state index is -1.45. The van der Waals surface area contributed by atoms with Gasteiger partial charge in [-0.1, -0.05) is 12.7 Å². The molecule has 10 nitrogen and oxygen atoms in total. The van der Waals surface area contributed by atoms with Crippen LogP contribution in [0.1, 0.15) is 23.2 Å². The average Bonchev–Trinajstić information content (AvgIpc) is 3.17. The van der Waals surface area contributed by atoms with E-state index in [4.69, 9.17) is 14.2 Å². The fraction of sp³-hybridized carbons (Fsp3) is 0.381. The lowest BCUT2D eigenvalue weighted by atomic mass is 10.1. The number of fused-ring (bicyclic) bond motifs is 2. The first-order valence-corrected chi connectivity index (χ1v) is 9.46. The first-order chi connectivity index (χ1) is 14.9. The van der Waals surface area contributed by atoms with E-state index in [1.54, 1.807) is 0 Å². The summed E-state index contributed by atoms with van der Waals surface area (Å²) in [4.78, 5) is 40.2. The molecule has 2 heterocycles. The lowest BCUT2D eigenvalue weighted by molar-refractivity contribution is -0.139. The Morgan fingerprint density at radius 1 is 1.23 bits per heavy atom. The van der Waals surface area contributed by atoms with Crippen molar-refractivity contribution in [1.82, 2.24) is 4.90 Å². The summed E-state index contributed by atoms with van der Waals surface area (Å²) < 4.78 is 20.4. The van der Waals surface area contributed by atoms with E-state index in [0.717, 1.165) is 4.90 Å². The van der Waals surface area contributed by atoms with Crippen LogP contribution < -0.4 is 14.4 Å². The van der Waals surface area contributed by atoms with Crippen molar-refractivity contribution in [3.8, 4) is 11.5 Å². The number of aliphatic hydroxyl groups excluding tert-OH is 1. The van der Waals surface area contributed by atoms with Crippen LogP contribution in [0.2, 0.25) is 0 Å². The van der Waals surface area contributed by atoms with Gasteiger partial charge in [0.25, 0.3) is 5.91 Å². The topological polar surface area (TPSA) is 115 Å². The molecule has 0 bridgehead atoms. The number of aliphatic hydroxyl groups is 1. The molecular formula is C21H24N2O8. The molecule has 2 aliphatic rings. The summed E-state index contributed by atoms with van der Waals surface area (Å²) in [5, 5.41) is 11.1. The van der Waals surface area contributed by atoms with Crippen LogP contribution in [0.25, 0.3) is 0 Å². The minimum absolute atomic E-state index is 0.0385. The zero-order valence-corrected chi connectivity index (χ0v) is 17.5. The van der Waals surface area contributed by atoms with Crippen molar-refractivity contribution in [1.29, 1.82) is 0 Å². The van der Waals surface area contributed by atoms with Crippen molar-refractivity contribution in [3.05, 3.63) is 42.1 Å². The number of anilines is 1. The Balaban J connectivity index is 2.12. The largest absolute Gasteiger partial charge is 0.493 e. The van der Waals surface area contributed by atoms with E-state index < -0.39 is 30.2 Å². The van der Waals surface area contributed by atoms with Gasteiger partial charge in [-0.05, 0) is 18.1 Å². The Labute approximate surface area is 179 Å². The fourth-order valence-electron chi connectivity index (χ4n) is 3.64. The molecule has 31 heavy (non-hydrogen) atoms. The van der Waals surface area contributed by atoms with E-state index in [0.29, 0.717) is 5.57 Å². The molecule has 1 aromatic rings. The first kappa shape index (κ1) is 22.2. The average molecular weight is 432 g/mol. The predicted octanol–water partition coefficient (Wildman–Crippen LogP) is 1.83. The Kier molecular flexibility index (Phi) is 6.50. The van der Waals surface area contributed by atoms with Gasteiger partial charge >= 0.3 is 12.1 Å². The van der Waals surface area contributed by atoms with Gasteiger partial charge in [0.15, 0.2) is 17.7 Å². The van der Waals surface area contributed by atoms with Gasteiger partial charge in [-0.3, -0.25) is 9.59 Å². The highest BCUT2D eigenvalue weighted by Gasteiger charge is 2.45. The molecule has 1 N–H and O–H groups in total. The van der Waals surface area contributed by atoms with Gasteiger partial charge in [-0.25, -0.2) is 9.69 Å². The van der Waals surface area contributed by atoms with Crippen LogP contribution in [0.3, 0.4) is 0 Å². The summed E-state index contributed by atoms with van der Waals surface area (Å²) in [6.07, 6.45) is 0.718. The smallest absolute Gasteiger partial charge is 0.416 e.